The van der Waals surface area contributed by atoms with E-state index >= 15 is 0 Å². The molecule has 40 heavy (non-hydrogen) atoms. The number of aromatic amines is 2. The van der Waals surface area contributed by atoms with Crippen molar-refractivity contribution in [3.8, 4) is 0 Å². The maximum atomic E-state index is 13.2. The summed E-state index contributed by atoms with van der Waals surface area (Å²) in [4.78, 5) is 28.1. The Morgan fingerprint density at radius 2 is 1.52 bits per heavy atom. The highest BCUT2D eigenvalue weighted by Gasteiger charge is 2.36. The van der Waals surface area contributed by atoms with Crippen molar-refractivity contribution in [2.75, 3.05) is 37.6 Å². The molecule has 0 spiro atoms. The van der Waals surface area contributed by atoms with Gasteiger partial charge in [-0.25, -0.2) is 9.97 Å². The fourth-order valence-corrected chi connectivity index (χ4v) is 6.34. The van der Waals surface area contributed by atoms with Crippen LogP contribution in [0.3, 0.4) is 0 Å². The van der Waals surface area contributed by atoms with E-state index in [0.29, 0.717) is 0 Å². The van der Waals surface area contributed by atoms with E-state index in [1.54, 1.807) is 0 Å². The van der Waals surface area contributed by atoms with E-state index in [1.165, 1.54) is 21.9 Å². The normalized spacial score (nSPS) is 16.9. The van der Waals surface area contributed by atoms with Crippen molar-refractivity contribution >= 4 is 50.9 Å². The molecule has 9 nitrogen and oxygen atoms in total. The van der Waals surface area contributed by atoms with Crippen molar-refractivity contribution in [2.45, 2.75) is 31.7 Å². The first-order valence-corrected chi connectivity index (χ1v) is 14.1. The van der Waals surface area contributed by atoms with Crippen LogP contribution < -0.4 is 16.8 Å². The number of nitrogens with zero attached hydrogens (tertiary/aromatic N) is 3. The van der Waals surface area contributed by atoms with Gasteiger partial charge in [-0.2, -0.15) is 0 Å². The zero-order valence-electron chi connectivity index (χ0n) is 22.3. The second-order valence-electron chi connectivity index (χ2n) is 10.9. The molecular weight excluding hydrogens is 524 g/mol. The number of carbonyl (C=O) groups is 1. The predicted molar refractivity (Wildman–Crippen MR) is 160 cm³/mol. The molecule has 6 rings (SSSR count). The fourth-order valence-electron chi connectivity index (χ4n) is 6.21. The van der Waals surface area contributed by atoms with Crippen molar-refractivity contribution in [1.82, 2.24) is 25.3 Å². The van der Waals surface area contributed by atoms with Crippen molar-refractivity contribution in [2.24, 2.45) is 0 Å². The van der Waals surface area contributed by atoms with Crippen molar-refractivity contribution in [3.63, 3.8) is 0 Å². The van der Waals surface area contributed by atoms with Gasteiger partial charge in [0.15, 0.2) is 22.5 Å². The molecule has 206 valence electrons. The number of likely N-dealkylation sites (tertiary alicyclic amines) is 1. The number of H-pyrrole nitrogens is 2. The van der Waals surface area contributed by atoms with Crippen LogP contribution in [0.5, 0.6) is 0 Å². The Kier molecular flexibility index (Phi) is 7.08. The van der Waals surface area contributed by atoms with E-state index in [2.05, 4.69) is 86.2 Å². The number of piperidine rings is 1. The second-order valence-corrected chi connectivity index (χ2v) is 11.2. The van der Waals surface area contributed by atoms with Gasteiger partial charge in [-0.15, -0.1) is 0 Å². The van der Waals surface area contributed by atoms with Crippen LogP contribution in [0, 0.1) is 0 Å². The van der Waals surface area contributed by atoms with E-state index in [-0.39, 0.29) is 34.4 Å². The number of hydrogen-bond acceptors (Lipinski definition) is 5. The number of anilines is 2. The molecule has 1 saturated heterocycles. The van der Waals surface area contributed by atoms with Crippen LogP contribution in [0.4, 0.5) is 11.6 Å². The number of nitrogens with two attached hydrogens (primary N) is 2. The minimum Gasteiger partial charge on any atom is -0.382 e. The number of rotatable bonds is 8. The first-order valence-electron chi connectivity index (χ1n) is 13.8. The van der Waals surface area contributed by atoms with Gasteiger partial charge in [-0.1, -0.05) is 48.0 Å². The molecule has 10 heteroatoms. The molecule has 0 bridgehead atoms. The largest absolute Gasteiger partial charge is 0.382 e. The lowest BCUT2D eigenvalue weighted by Crippen LogP contribution is -2.61. The Labute approximate surface area is 237 Å². The van der Waals surface area contributed by atoms with Crippen LogP contribution in [-0.2, 0) is 12.8 Å². The Bertz CT molecular complexity index is 1600. The molecule has 7 N–H and O–H groups in total. The third kappa shape index (κ3) is 5.22. The lowest BCUT2D eigenvalue weighted by Gasteiger charge is -2.45. The minimum absolute atomic E-state index is 0.0126. The van der Waals surface area contributed by atoms with Gasteiger partial charge >= 0.3 is 0 Å². The maximum absolute atomic E-state index is 13.2. The molecule has 1 atom stereocenters. The monoisotopic (exact) mass is 557 g/mol. The van der Waals surface area contributed by atoms with Crippen molar-refractivity contribution in [3.05, 3.63) is 82.9 Å². The minimum atomic E-state index is -0.370. The number of hydrogen-bond donors (Lipinski definition) is 5. The molecule has 5 aromatic rings. The third-order valence-electron chi connectivity index (χ3n) is 8.31. The molecule has 1 aliphatic rings. The van der Waals surface area contributed by atoms with E-state index in [4.69, 9.17) is 23.1 Å². The smallest absolute Gasteiger partial charge is 0.274 e. The first-order chi connectivity index (χ1) is 19.4. The SMILES string of the molecule is Nc1nc(N)c(C(=O)NC2CCC[N+](CCc3c[nH]c4ccccc34)(CCc3c[nH]c4ccccc34)C2)nc1Cl. The summed E-state index contributed by atoms with van der Waals surface area (Å²) in [6.45, 7) is 3.84. The van der Waals surface area contributed by atoms with Gasteiger partial charge in [0.1, 0.15) is 0 Å². The Morgan fingerprint density at radius 3 is 2.15 bits per heavy atom. The van der Waals surface area contributed by atoms with Gasteiger partial charge in [0, 0.05) is 47.0 Å². The van der Waals surface area contributed by atoms with Gasteiger partial charge < -0.3 is 31.2 Å². The number of benzene rings is 2. The molecule has 1 fully saturated rings. The standard InChI is InChI=1S/C30H33ClN8O/c31-27-29(33)38-28(32)26(37-27)30(40)36-21-6-5-13-39(18-21,14-11-19-16-34-24-9-3-1-7-22(19)24)15-12-20-17-35-25-10-4-2-8-23(20)25/h1-4,7-10,16-17,21,34-35H,5-6,11-15,18H2,(H4-,32,33,36,38,40)/p+1. The number of quaternary nitrogens is 1. The van der Waals surface area contributed by atoms with Crippen LogP contribution >= 0.6 is 11.6 Å². The summed E-state index contributed by atoms with van der Waals surface area (Å²) < 4.78 is 0.910. The van der Waals surface area contributed by atoms with Crippen LogP contribution in [0.25, 0.3) is 21.8 Å². The summed E-state index contributed by atoms with van der Waals surface area (Å²) in [5.74, 6) is -0.376. The molecule has 0 aliphatic carbocycles. The molecule has 0 radical (unpaired) electrons. The summed E-state index contributed by atoms with van der Waals surface area (Å²) in [6, 6.07) is 16.9. The predicted octanol–water partition coefficient (Wildman–Crippen LogP) is 4.45. The van der Waals surface area contributed by atoms with E-state index in [9.17, 15) is 4.79 Å². The summed E-state index contributed by atoms with van der Waals surface area (Å²) in [6.07, 6.45) is 8.07. The number of para-hydroxylation sites is 2. The summed E-state index contributed by atoms with van der Waals surface area (Å²) in [5.41, 5.74) is 16.6. The van der Waals surface area contributed by atoms with E-state index in [1.807, 2.05) is 0 Å². The number of aromatic nitrogens is 4. The number of fused-ring (bicyclic) bond motifs is 2. The summed E-state index contributed by atoms with van der Waals surface area (Å²) >= 11 is 6.04. The highest BCUT2D eigenvalue weighted by Crippen LogP contribution is 2.27. The molecule has 0 saturated carbocycles. The number of halogens is 1. The Balaban J connectivity index is 1.23. The summed E-state index contributed by atoms with van der Waals surface area (Å²) in [5, 5.41) is 5.69. The quantitative estimate of drug-likeness (QED) is 0.179. The third-order valence-corrected chi connectivity index (χ3v) is 8.59. The van der Waals surface area contributed by atoms with E-state index < -0.39 is 0 Å². The topological polar surface area (TPSA) is 138 Å². The Hall–Kier alpha value is -4.08. The zero-order chi connectivity index (χ0) is 27.7. The fraction of sp³-hybridized carbons (Fsp3) is 0.300. The molecule has 2 aromatic carbocycles. The molecule has 1 unspecified atom stereocenters. The molecule has 4 heterocycles. The highest BCUT2D eigenvalue weighted by atomic mass is 35.5. The lowest BCUT2D eigenvalue weighted by atomic mass is 9.98. The average Bonchev–Trinajstić information content (AvgIpc) is 3.57. The highest BCUT2D eigenvalue weighted by molar-refractivity contribution is 6.31. The molecule has 3 aromatic heterocycles. The van der Waals surface area contributed by atoms with Crippen molar-refractivity contribution < 1.29 is 9.28 Å². The number of nitrogen functional groups attached to an aromatic ring is 2. The van der Waals surface area contributed by atoms with Gasteiger partial charge in [-0.3, -0.25) is 4.79 Å². The molecule has 1 aliphatic heterocycles. The van der Waals surface area contributed by atoms with Crippen LogP contribution in [0.1, 0.15) is 34.5 Å². The average molecular weight is 558 g/mol. The summed E-state index contributed by atoms with van der Waals surface area (Å²) in [7, 11) is 0. The Morgan fingerprint density at radius 1 is 0.925 bits per heavy atom. The van der Waals surface area contributed by atoms with Crippen LogP contribution in [0.15, 0.2) is 60.9 Å². The van der Waals surface area contributed by atoms with Crippen LogP contribution in [-0.4, -0.2) is 62.5 Å². The van der Waals surface area contributed by atoms with E-state index in [0.717, 1.165) is 67.4 Å². The zero-order valence-corrected chi connectivity index (χ0v) is 23.0. The van der Waals surface area contributed by atoms with Gasteiger partial charge in [0.25, 0.3) is 5.91 Å². The molecular formula is C30H34ClN8O+. The molecule has 1 amide bonds. The van der Waals surface area contributed by atoms with Gasteiger partial charge in [0.05, 0.1) is 32.2 Å². The van der Waals surface area contributed by atoms with Crippen LogP contribution in [0.2, 0.25) is 5.15 Å². The maximum Gasteiger partial charge on any atom is 0.274 e. The first kappa shape index (κ1) is 26.2. The van der Waals surface area contributed by atoms with Gasteiger partial charge in [-0.05, 0) is 36.1 Å². The number of amides is 1. The lowest BCUT2D eigenvalue weighted by molar-refractivity contribution is -0.933. The second kappa shape index (κ2) is 10.8. The van der Waals surface area contributed by atoms with Gasteiger partial charge in [0.2, 0.25) is 0 Å². The number of nitrogens with one attached hydrogen (secondary N) is 3. The van der Waals surface area contributed by atoms with Crippen molar-refractivity contribution in [1.29, 1.82) is 0 Å². The number of carbonyl (C=O) groups excluding carboxylic acids is 1.